The van der Waals surface area contributed by atoms with Crippen LogP contribution in [0.2, 0.25) is 0 Å². The second-order valence-electron chi connectivity index (χ2n) is 3.98. The molecule has 0 spiro atoms. The van der Waals surface area contributed by atoms with Crippen molar-refractivity contribution in [1.82, 2.24) is 4.98 Å². The van der Waals surface area contributed by atoms with E-state index >= 15 is 0 Å². The van der Waals surface area contributed by atoms with Crippen molar-refractivity contribution in [3.05, 3.63) is 18.5 Å². The summed E-state index contributed by atoms with van der Waals surface area (Å²) in [6.07, 6.45) is 8.96. The van der Waals surface area contributed by atoms with Gasteiger partial charge in [0, 0.05) is 12.7 Å². The number of rotatable bonds is 4. The van der Waals surface area contributed by atoms with Crippen LogP contribution >= 0.6 is 0 Å². The number of aromatic nitrogens is 1. The summed E-state index contributed by atoms with van der Waals surface area (Å²) in [5.74, 6) is 0.950. The average molecular weight is 191 g/mol. The van der Waals surface area contributed by atoms with E-state index in [2.05, 4.69) is 10.3 Å². The molecule has 3 N–H and O–H groups in total. The number of nitrogen functional groups attached to an aromatic ring is 1. The zero-order valence-corrected chi connectivity index (χ0v) is 8.37. The molecule has 0 aromatic carbocycles. The highest BCUT2D eigenvalue weighted by atomic mass is 14.9. The van der Waals surface area contributed by atoms with E-state index in [1.54, 1.807) is 12.4 Å². The fourth-order valence-corrected chi connectivity index (χ4v) is 1.76. The van der Waals surface area contributed by atoms with Gasteiger partial charge in [-0.3, -0.25) is 4.98 Å². The second-order valence-corrected chi connectivity index (χ2v) is 3.98. The summed E-state index contributed by atoms with van der Waals surface area (Å²) in [4.78, 5) is 3.95. The maximum atomic E-state index is 5.76. The summed E-state index contributed by atoms with van der Waals surface area (Å²) >= 11 is 0. The molecule has 2 rings (SSSR count). The van der Waals surface area contributed by atoms with E-state index in [0.29, 0.717) is 0 Å². The number of nitrogens with one attached hydrogen (secondary N) is 1. The summed E-state index contributed by atoms with van der Waals surface area (Å²) in [6, 6.07) is 1.93. The molecule has 1 fully saturated rings. The van der Waals surface area contributed by atoms with E-state index in [1.807, 2.05) is 6.07 Å². The van der Waals surface area contributed by atoms with Gasteiger partial charge in [-0.05, 0) is 18.4 Å². The molecule has 0 unspecified atom stereocenters. The molecule has 14 heavy (non-hydrogen) atoms. The molecule has 0 radical (unpaired) electrons. The molecule has 0 amide bonds. The van der Waals surface area contributed by atoms with Crippen molar-refractivity contribution in [2.75, 3.05) is 17.6 Å². The number of anilines is 2. The van der Waals surface area contributed by atoms with Crippen LogP contribution in [0.4, 0.5) is 11.4 Å². The molecule has 1 aromatic heterocycles. The molecule has 0 aliphatic heterocycles. The first kappa shape index (κ1) is 9.31. The molecule has 3 nitrogen and oxygen atoms in total. The van der Waals surface area contributed by atoms with Crippen molar-refractivity contribution in [2.24, 2.45) is 5.92 Å². The normalized spacial score (nSPS) is 16.3. The van der Waals surface area contributed by atoms with E-state index in [0.717, 1.165) is 23.8 Å². The van der Waals surface area contributed by atoms with E-state index in [4.69, 9.17) is 5.73 Å². The summed E-state index contributed by atoms with van der Waals surface area (Å²) in [5.41, 5.74) is 7.51. The maximum absolute atomic E-state index is 5.76. The van der Waals surface area contributed by atoms with Gasteiger partial charge in [-0.1, -0.05) is 19.3 Å². The molecule has 0 bridgehead atoms. The highest BCUT2D eigenvalue weighted by molar-refractivity contribution is 5.64. The summed E-state index contributed by atoms with van der Waals surface area (Å²) in [7, 11) is 0. The Morgan fingerprint density at radius 2 is 2.36 bits per heavy atom. The number of nitrogens with two attached hydrogens (primary N) is 1. The molecule has 0 atom stereocenters. The third kappa shape index (κ3) is 2.16. The van der Waals surface area contributed by atoms with Gasteiger partial charge in [-0.15, -0.1) is 0 Å². The Morgan fingerprint density at radius 1 is 1.50 bits per heavy atom. The Bertz CT molecular complexity index is 294. The van der Waals surface area contributed by atoms with E-state index in [1.165, 1.54) is 25.7 Å². The van der Waals surface area contributed by atoms with Gasteiger partial charge in [0.15, 0.2) is 0 Å². The van der Waals surface area contributed by atoms with Crippen molar-refractivity contribution in [2.45, 2.75) is 25.7 Å². The molecule has 1 aliphatic carbocycles. The van der Waals surface area contributed by atoms with E-state index < -0.39 is 0 Å². The Kier molecular flexibility index (Phi) is 2.87. The first-order valence-corrected chi connectivity index (χ1v) is 5.29. The van der Waals surface area contributed by atoms with Crippen LogP contribution in [0, 0.1) is 5.92 Å². The van der Waals surface area contributed by atoms with Crippen LogP contribution in [0.3, 0.4) is 0 Å². The Labute approximate surface area is 84.7 Å². The second kappa shape index (κ2) is 4.31. The zero-order valence-electron chi connectivity index (χ0n) is 8.37. The largest absolute Gasteiger partial charge is 0.396 e. The van der Waals surface area contributed by atoms with Gasteiger partial charge in [0.2, 0.25) is 0 Å². The standard InChI is InChI=1S/C11H17N3/c12-10-8-13-6-5-11(10)14-7-4-9-2-1-3-9/h5-6,8-9H,1-4,7,12H2,(H,13,14). The van der Waals surface area contributed by atoms with Crippen LogP contribution in [0.15, 0.2) is 18.5 Å². The van der Waals surface area contributed by atoms with Crippen LogP contribution in [0.5, 0.6) is 0 Å². The van der Waals surface area contributed by atoms with Crippen LogP contribution in [0.1, 0.15) is 25.7 Å². The van der Waals surface area contributed by atoms with Gasteiger partial charge in [0.05, 0.1) is 17.6 Å². The fraction of sp³-hybridized carbons (Fsp3) is 0.545. The molecule has 1 aromatic rings. The minimum atomic E-state index is 0.737. The Hall–Kier alpha value is -1.25. The van der Waals surface area contributed by atoms with Gasteiger partial charge >= 0.3 is 0 Å². The maximum Gasteiger partial charge on any atom is 0.0736 e. The van der Waals surface area contributed by atoms with Gasteiger partial charge in [-0.25, -0.2) is 0 Å². The van der Waals surface area contributed by atoms with Gasteiger partial charge in [0.1, 0.15) is 0 Å². The predicted molar refractivity (Wildman–Crippen MR) is 59.1 cm³/mol. The monoisotopic (exact) mass is 191 g/mol. The fourth-order valence-electron chi connectivity index (χ4n) is 1.76. The first-order chi connectivity index (χ1) is 6.86. The minimum absolute atomic E-state index is 0.737. The number of hydrogen-bond donors (Lipinski definition) is 2. The third-order valence-corrected chi connectivity index (χ3v) is 2.94. The SMILES string of the molecule is Nc1cnccc1NCCC1CCC1. The smallest absolute Gasteiger partial charge is 0.0736 e. The molecular weight excluding hydrogens is 174 g/mol. The minimum Gasteiger partial charge on any atom is -0.396 e. The Morgan fingerprint density at radius 3 is 3.00 bits per heavy atom. The van der Waals surface area contributed by atoms with E-state index in [9.17, 15) is 0 Å². The lowest BCUT2D eigenvalue weighted by Gasteiger charge is -2.25. The molecule has 1 saturated carbocycles. The predicted octanol–water partition coefficient (Wildman–Crippen LogP) is 2.27. The van der Waals surface area contributed by atoms with Crippen LogP contribution in [-0.2, 0) is 0 Å². The lowest BCUT2D eigenvalue weighted by atomic mass is 9.83. The highest BCUT2D eigenvalue weighted by Crippen LogP contribution is 2.29. The molecule has 3 heteroatoms. The summed E-state index contributed by atoms with van der Waals surface area (Å²) in [6.45, 7) is 1.03. The van der Waals surface area contributed by atoms with Crippen molar-refractivity contribution in [1.29, 1.82) is 0 Å². The number of nitrogens with zero attached hydrogens (tertiary/aromatic N) is 1. The van der Waals surface area contributed by atoms with Crippen LogP contribution < -0.4 is 11.1 Å². The quantitative estimate of drug-likeness (QED) is 0.767. The molecule has 1 heterocycles. The van der Waals surface area contributed by atoms with Crippen molar-refractivity contribution >= 4 is 11.4 Å². The number of hydrogen-bond acceptors (Lipinski definition) is 3. The van der Waals surface area contributed by atoms with Crippen molar-refractivity contribution in [3.63, 3.8) is 0 Å². The lowest BCUT2D eigenvalue weighted by molar-refractivity contribution is 0.303. The zero-order chi connectivity index (χ0) is 9.80. The highest BCUT2D eigenvalue weighted by Gasteiger charge is 2.16. The van der Waals surface area contributed by atoms with Crippen molar-refractivity contribution < 1.29 is 0 Å². The summed E-state index contributed by atoms with van der Waals surface area (Å²) < 4.78 is 0. The first-order valence-electron chi connectivity index (χ1n) is 5.29. The third-order valence-electron chi connectivity index (χ3n) is 2.94. The van der Waals surface area contributed by atoms with Gasteiger partial charge in [0.25, 0.3) is 0 Å². The molecule has 76 valence electrons. The lowest BCUT2D eigenvalue weighted by Crippen LogP contribution is -2.16. The Balaban J connectivity index is 1.76. The van der Waals surface area contributed by atoms with Crippen LogP contribution in [0.25, 0.3) is 0 Å². The topological polar surface area (TPSA) is 50.9 Å². The summed E-state index contributed by atoms with van der Waals surface area (Å²) in [5, 5.41) is 3.35. The van der Waals surface area contributed by atoms with Gasteiger partial charge < -0.3 is 11.1 Å². The average Bonchev–Trinajstić information content (AvgIpc) is 2.12. The van der Waals surface area contributed by atoms with Gasteiger partial charge in [-0.2, -0.15) is 0 Å². The molecule has 0 saturated heterocycles. The number of pyridine rings is 1. The molecular formula is C11H17N3. The van der Waals surface area contributed by atoms with Crippen molar-refractivity contribution in [3.8, 4) is 0 Å². The van der Waals surface area contributed by atoms with E-state index in [-0.39, 0.29) is 0 Å². The van der Waals surface area contributed by atoms with Crippen LogP contribution in [-0.4, -0.2) is 11.5 Å². The molecule has 1 aliphatic rings.